The van der Waals surface area contributed by atoms with Crippen molar-refractivity contribution in [1.82, 2.24) is 0 Å². The van der Waals surface area contributed by atoms with Gasteiger partial charge in [0.15, 0.2) is 0 Å². The first-order chi connectivity index (χ1) is 12.1. The standard InChI is InChI=1S/C22H46O2Si/c1-6-10-12-13-14-15-16-17-18-21-23-25(5,9-4)24-22(19-8-3)20-11-7-2/h9,22H,4,6-8,10-21H2,1-3,5H3. The first kappa shape index (κ1) is 24.9. The topological polar surface area (TPSA) is 18.5 Å². The van der Waals surface area contributed by atoms with E-state index in [2.05, 4.69) is 33.9 Å². The van der Waals surface area contributed by atoms with Crippen LogP contribution in [0.4, 0.5) is 0 Å². The van der Waals surface area contributed by atoms with Crippen LogP contribution in [0.1, 0.15) is 111 Å². The van der Waals surface area contributed by atoms with Crippen molar-refractivity contribution in [2.45, 2.75) is 123 Å². The van der Waals surface area contributed by atoms with E-state index in [9.17, 15) is 0 Å². The summed E-state index contributed by atoms with van der Waals surface area (Å²) in [6.45, 7) is 13.7. The van der Waals surface area contributed by atoms with Crippen LogP contribution < -0.4 is 0 Å². The maximum Gasteiger partial charge on any atom is 0.361 e. The average Bonchev–Trinajstić information content (AvgIpc) is 2.61. The summed E-state index contributed by atoms with van der Waals surface area (Å²) >= 11 is 0. The largest absolute Gasteiger partial charge is 0.391 e. The Balaban J connectivity index is 3.87. The smallest absolute Gasteiger partial charge is 0.361 e. The Morgan fingerprint density at radius 2 is 1.32 bits per heavy atom. The quantitative estimate of drug-likeness (QED) is 0.171. The van der Waals surface area contributed by atoms with Crippen LogP contribution in [0.25, 0.3) is 0 Å². The molecule has 0 heterocycles. The zero-order chi connectivity index (χ0) is 18.8. The van der Waals surface area contributed by atoms with Crippen LogP contribution in [0.15, 0.2) is 12.3 Å². The average molecular weight is 371 g/mol. The molecule has 0 saturated heterocycles. The van der Waals surface area contributed by atoms with Gasteiger partial charge in [-0.3, -0.25) is 0 Å². The molecule has 0 aliphatic heterocycles. The van der Waals surface area contributed by atoms with Crippen LogP contribution in [0.2, 0.25) is 6.55 Å². The monoisotopic (exact) mass is 370 g/mol. The van der Waals surface area contributed by atoms with Crippen molar-refractivity contribution in [2.75, 3.05) is 6.61 Å². The van der Waals surface area contributed by atoms with E-state index in [1.54, 1.807) is 0 Å². The van der Waals surface area contributed by atoms with Crippen LogP contribution in [-0.4, -0.2) is 21.3 Å². The van der Waals surface area contributed by atoms with Gasteiger partial charge in [0.2, 0.25) is 0 Å². The Morgan fingerprint density at radius 1 is 0.760 bits per heavy atom. The Morgan fingerprint density at radius 3 is 1.84 bits per heavy atom. The Bertz CT molecular complexity index is 296. The van der Waals surface area contributed by atoms with Crippen molar-refractivity contribution in [3.63, 3.8) is 0 Å². The van der Waals surface area contributed by atoms with E-state index in [4.69, 9.17) is 8.85 Å². The zero-order valence-corrected chi connectivity index (χ0v) is 18.8. The normalized spacial score (nSPS) is 15.0. The van der Waals surface area contributed by atoms with Gasteiger partial charge < -0.3 is 8.85 Å². The van der Waals surface area contributed by atoms with Gasteiger partial charge in [-0.25, -0.2) is 0 Å². The molecule has 2 nitrogen and oxygen atoms in total. The van der Waals surface area contributed by atoms with E-state index in [1.165, 1.54) is 70.6 Å². The van der Waals surface area contributed by atoms with Gasteiger partial charge in [0.1, 0.15) is 0 Å². The third-order valence-corrected chi connectivity index (χ3v) is 7.22. The molecule has 0 saturated carbocycles. The summed E-state index contributed by atoms with van der Waals surface area (Å²) in [5.41, 5.74) is 1.97. The maximum absolute atomic E-state index is 6.41. The Hall–Kier alpha value is -0.123. The third-order valence-electron chi connectivity index (χ3n) is 4.90. The molecule has 0 aliphatic carbocycles. The molecule has 0 spiro atoms. The lowest BCUT2D eigenvalue weighted by molar-refractivity contribution is 0.108. The van der Waals surface area contributed by atoms with E-state index in [0.29, 0.717) is 6.10 Å². The van der Waals surface area contributed by atoms with Gasteiger partial charge in [0, 0.05) is 12.7 Å². The van der Waals surface area contributed by atoms with Gasteiger partial charge in [0.05, 0.1) is 0 Å². The minimum Gasteiger partial charge on any atom is -0.391 e. The minimum absolute atomic E-state index is 0.350. The number of rotatable bonds is 19. The highest BCUT2D eigenvalue weighted by Crippen LogP contribution is 2.19. The summed E-state index contributed by atoms with van der Waals surface area (Å²) in [4.78, 5) is 0. The third kappa shape index (κ3) is 14.7. The summed E-state index contributed by atoms with van der Waals surface area (Å²) in [6, 6.07) is 0. The molecule has 150 valence electrons. The molecule has 0 aromatic rings. The fraction of sp³-hybridized carbons (Fsp3) is 0.909. The first-order valence-electron chi connectivity index (χ1n) is 11.1. The number of unbranched alkanes of at least 4 members (excludes halogenated alkanes) is 9. The SMILES string of the molecule is C=C[Si](C)(OCCCCCCCCCCC)OC(CCC)CCCC. The van der Waals surface area contributed by atoms with Crippen molar-refractivity contribution in [1.29, 1.82) is 0 Å². The van der Waals surface area contributed by atoms with Crippen molar-refractivity contribution in [2.24, 2.45) is 0 Å². The summed E-state index contributed by atoms with van der Waals surface area (Å²) in [5.74, 6) is 0. The molecule has 25 heavy (non-hydrogen) atoms. The minimum atomic E-state index is -2.20. The lowest BCUT2D eigenvalue weighted by Gasteiger charge is -2.29. The molecule has 0 N–H and O–H groups in total. The molecule has 2 atom stereocenters. The number of hydrogen-bond acceptors (Lipinski definition) is 2. The molecule has 0 bridgehead atoms. The highest BCUT2D eigenvalue weighted by molar-refractivity contribution is 6.71. The lowest BCUT2D eigenvalue weighted by Crippen LogP contribution is -2.41. The Labute approximate surface area is 160 Å². The van der Waals surface area contributed by atoms with Gasteiger partial charge in [-0.15, -0.1) is 6.58 Å². The molecule has 2 unspecified atom stereocenters. The van der Waals surface area contributed by atoms with Crippen molar-refractivity contribution < 1.29 is 8.85 Å². The van der Waals surface area contributed by atoms with Crippen molar-refractivity contribution >= 4 is 8.56 Å². The maximum atomic E-state index is 6.41. The van der Waals surface area contributed by atoms with Gasteiger partial charge in [0.25, 0.3) is 0 Å². The predicted octanol–water partition coefficient (Wildman–Crippen LogP) is 7.71. The van der Waals surface area contributed by atoms with Crippen LogP contribution in [0, 0.1) is 0 Å². The first-order valence-corrected chi connectivity index (χ1v) is 13.5. The van der Waals surface area contributed by atoms with Crippen LogP contribution >= 0.6 is 0 Å². The lowest BCUT2D eigenvalue weighted by atomic mass is 10.1. The van der Waals surface area contributed by atoms with E-state index in [-0.39, 0.29) is 0 Å². The molecule has 0 aliphatic rings. The van der Waals surface area contributed by atoms with Crippen LogP contribution in [0.3, 0.4) is 0 Å². The highest BCUT2D eigenvalue weighted by Gasteiger charge is 2.30. The van der Waals surface area contributed by atoms with Crippen LogP contribution in [-0.2, 0) is 8.85 Å². The molecule has 0 amide bonds. The molecule has 0 aromatic heterocycles. The second-order valence-electron chi connectivity index (χ2n) is 7.57. The van der Waals surface area contributed by atoms with E-state index < -0.39 is 8.56 Å². The Kier molecular flexibility index (Phi) is 17.2. The van der Waals surface area contributed by atoms with E-state index >= 15 is 0 Å². The predicted molar refractivity (Wildman–Crippen MR) is 114 cm³/mol. The van der Waals surface area contributed by atoms with E-state index in [1.807, 2.05) is 5.70 Å². The zero-order valence-electron chi connectivity index (χ0n) is 17.8. The van der Waals surface area contributed by atoms with Gasteiger partial charge in [-0.1, -0.05) is 91.4 Å². The number of hydrogen-bond donors (Lipinski definition) is 0. The van der Waals surface area contributed by atoms with Crippen molar-refractivity contribution in [3.05, 3.63) is 12.3 Å². The van der Waals surface area contributed by atoms with E-state index in [0.717, 1.165) is 25.9 Å². The van der Waals surface area contributed by atoms with Gasteiger partial charge in [-0.2, -0.15) is 0 Å². The summed E-state index contributed by atoms with van der Waals surface area (Å²) in [5, 5.41) is 0. The second-order valence-corrected chi connectivity index (χ2v) is 10.5. The summed E-state index contributed by atoms with van der Waals surface area (Å²) in [6.07, 6.45) is 18.4. The molecule has 3 heteroatoms. The molecule has 0 radical (unpaired) electrons. The molecule has 0 aromatic carbocycles. The molecule has 0 rings (SSSR count). The molecule has 0 fully saturated rings. The highest BCUT2D eigenvalue weighted by atomic mass is 28.4. The van der Waals surface area contributed by atoms with Crippen LogP contribution in [0.5, 0.6) is 0 Å². The van der Waals surface area contributed by atoms with Gasteiger partial charge in [-0.05, 0) is 31.5 Å². The summed E-state index contributed by atoms with van der Waals surface area (Å²) < 4.78 is 12.6. The second kappa shape index (κ2) is 17.3. The van der Waals surface area contributed by atoms with Crippen molar-refractivity contribution in [3.8, 4) is 0 Å². The fourth-order valence-electron chi connectivity index (χ4n) is 3.18. The van der Waals surface area contributed by atoms with Gasteiger partial charge >= 0.3 is 8.56 Å². The molecular weight excluding hydrogens is 324 g/mol. The summed E-state index contributed by atoms with van der Waals surface area (Å²) in [7, 11) is -2.20. The molecular formula is C22H46O2Si. The fourth-order valence-corrected chi connectivity index (χ4v) is 4.90.